The molecule has 2 heteroatoms. The van der Waals surface area contributed by atoms with Crippen molar-refractivity contribution in [2.75, 3.05) is 6.61 Å². The molecule has 0 aliphatic carbocycles. The van der Waals surface area contributed by atoms with E-state index < -0.39 is 0 Å². The lowest BCUT2D eigenvalue weighted by molar-refractivity contribution is 0.174. The Balaban J connectivity index is 2.01. The minimum absolute atomic E-state index is 0.776. The summed E-state index contributed by atoms with van der Waals surface area (Å²) in [4.78, 5) is 4.84. The van der Waals surface area contributed by atoms with Crippen molar-refractivity contribution in [2.45, 2.75) is 32.6 Å². The minimum atomic E-state index is 0.776. The van der Waals surface area contributed by atoms with Crippen molar-refractivity contribution >= 4 is 5.71 Å². The average Bonchev–Trinajstić information content (AvgIpc) is 2.41. The molecule has 0 fully saturated rings. The largest absolute Gasteiger partial charge is 0.395 e. The molecule has 0 saturated carbocycles. The summed E-state index contributed by atoms with van der Waals surface area (Å²) >= 11 is 0. The third-order valence-electron chi connectivity index (χ3n) is 1.57. The molecule has 0 aromatic carbocycles. The minimum Gasteiger partial charge on any atom is -0.395 e. The van der Waals surface area contributed by atoms with Gasteiger partial charge in [0, 0.05) is 12.8 Å². The molecule has 1 rings (SSSR count). The normalized spacial score (nSPS) is 16.7. The highest BCUT2D eigenvalue weighted by Gasteiger charge is 2.06. The number of oxime groups is 1. The number of rotatable bonds is 4. The van der Waals surface area contributed by atoms with Crippen LogP contribution < -0.4 is 0 Å². The van der Waals surface area contributed by atoms with Crippen LogP contribution in [-0.4, -0.2) is 12.3 Å². The molecule has 0 bridgehead atoms. The Labute approximate surface area is 62.3 Å². The van der Waals surface area contributed by atoms with Gasteiger partial charge in [0.1, 0.15) is 6.61 Å². The second kappa shape index (κ2) is 4.31. The lowest BCUT2D eigenvalue weighted by Gasteiger charge is -1.94. The number of hydrogen-bond acceptors (Lipinski definition) is 2. The van der Waals surface area contributed by atoms with E-state index in [1.807, 2.05) is 0 Å². The molecule has 0 aromatic heterocycles. The van der Waals surface area contributed by atoms with E-state index in [0.29, 0.717) is 0 Å². The smallest absolute Gasteiger partial charge is 0.122 e. The zero-order chi connectivity index (χ0) is 7.23. The molecule has 0 unspecified atom stereocenters. The molecule has 1 aliphatic heterocycles. The third-order valence-corrected chi connectivity index (χ3v) is 1.57. The molecule has 1 aliphatic rings. The van der Waals surface area contributed by atoms with Crippen LogP contribution in [0.2, 0.25) is 0 Å². The zero-order valence-electron chi connectivity index (χ0n) is 6.47. The van der Waals surface area contributed by atoms with Crippen molar-refractivity contribution in [3.63, 3.8) is 0 Å². The van der Waals surface area contributed by atoms with Crippen molar-refractivity contribution in [2.24, 2.45) is 5.16 Å². The average molecular weight is 140 g/mol. The van der Waals surface area contributed by atoms with Gasteiger partial charge in [-0.05, 0) is 6.42 Å². The first-order chi connectivity index (χ1) is 4.93. The van der Waals surface area contributed by atoms with Gasteiger partial charge in [0.05, 0.1) is 5.71 Å². The van der Waals surface area contributed by atoms with Gasteiger partial charge in [-0.25, -0.2) is 0 Å². The standard InChI is InChI=1S/C8H14NO/c1-2-3-4-5-8-6-7-10-9-8/h5H,2-4,6-7H2,1H3. The van der Waals surface area contributed by atoms with E-state index in [1.165, 1.54) is 12.8 Å². The highest BCUT2D eigenvalue weighted by molar-refractivity contribution is 5.92. The first-order valence-electron chi connectivity index (χ1n) is 3.95. The topological polar surface area (TPSA) is 21.6 Å². The number of unbranched alkanes of at least 4 members (excludes halogenated alkanes) is 2. The molecule has 0 atom stereocenters. The van der Waals surface area contributed by atoms with E-state index in [2.05, 4.69) is 18.5 Å². The molecule has 0 amide bonds. The second-order valence-electron chi connectivity index (χ2n) is 2.51. The van der Waals surface area contributed by atoms with Crippen LogP contribution in [0.3, 0.4) is 0 Å². The SMILES string of the molecule is CCCC[CH]C1=NOCC1. The summed E-state index contributed by atoms with van der Waals surface area (Å²) in [5.74, 6) is 0. The van der Waals surface area contributed by atoms with E-state index in [1.54, 1.807) is 0 Å². The van der Waals surface area contributed by atoms with Crippen molar-refractivity contribution in [3.05, 3.63) is 6.42 Å². The molecule has 1 heterocycles. The van der Waals surface area contributed by atoms with Crippen molar-refractivity contribution < 1.29 is 4.84 Å². The first-order valence-corrected chi connectivity index (χ1v) is 3.95. The lowest BCUT2D eigenvalue weighted by Crippen LogP contribution is -1.94. The molecular weight excluding hydrogens is 126 g/mol. The Hall–Kier alpha value is -0.530. The van der Waals surface area contributed by atoms with E-state index in [-0.39, 0.29) is 0 Å². The molecule has 0 aromatic rings. The maximum atomic E-state index is 4.84. The van der Waals surface area contributed by atoms with E-state index in [4.69, 9.17) is 4.84 Å². The molecular formula is C8H14NO. The monoisotopic (exact) mass is 140 g/mol. The van der Waals surface area contributed by atoms with Crippen LogP contribution in [0.1, 0.15) is 32.6 Å². The van der Waals surface area contributed by atoms with Gasteiger partial charge < -0.3 is 4.84 Å². The van der Waals surface area contributed by atoms with Crippen LogP contribution in [0.4, 0.5) is 0 Å². The predicted molar refractivity (Wildman–Crippen MR) is 41.8 cm³/mol. The highest BCUT2D eigenvalue weighted by Crippen LogP contribution is 2.07. The van der Waals surface area contributed by atoms with Crippen LogP contribution in [0.15, 0.2) is 5.16 Å². The van der Waals surface area contributed by atoms with Gasteiger partial charge in [-0.15, -0.1) is 0 Å². The summed E-state index contributed by atoms with van der Waals surface area (Å²) in [7, 11) is 0. The zero-order valence-corrected chi connectivity index (χ0v) is 6.47. The van der Waals surface area contributed by atoms with Crippen molar-refractivity contribution in [1.29, 1.82) is 0 Å². The quantitative estimate of drug-likeness (QED) is 0.548. The summed E-state index contributed by atoms with van der Waals surface area (Å²) in [6, 6.07) is 0. The fourth-order valence-electron chi connectivity index (χ4n) is 0.937. The maximum absolute atomic E-state index is 4.84. The Morgan fingerprint density at radius 1 is 1.70 bits per heavy atom. The molecule has 1 radical (unpaired) electrons. The summed E-state index contributed by atoms with van der Waals surface area (Å²) < 4.78 is 0. The Kier molecular flexibility index (Phi) is 3.27. The Bertz CT molecular complexity index is 120. The van der Waals surface area contributed by atoms with Crippen LogP contribution in [0, 0.1) is 6.42 Å². The lowest BCUT2D eigenvalue weighted by atomic mass is 10.1. The van der Waals surface area contributed by atoms with Gasteiger partial charge in [-0.3, -0.25) is 0 Å². The van der Waals surface area contributed by atoms with E-state index in [9.17, 15) is 0 Å². The summed E-state index contributed by atoms with van der Waals surface area (Å²) in [6.07, 6.45) is 6.85. The van der Waals surface area contributed by atoms with Gasteiger partial charge in [-0.2, -0.15) is 0 Å². The molecule has 0 N–H and O–H groups in total. The molecule has 10 heavy (non-hydrogen) atoms. The van der Waals surface area contributed by atoms with Gasteiger partial charge in [-0.1, -0.05) is 24.9 Å². The Morgan fingerprint density at radius 3 is 3.20 bits per heavy atom. The predicted octanol–water partition coefficient (Wildman–Crippen LogP) is 2.16. The third kappa shape index (κ3) is 2.38. The second-order valence-corrected chi connectivity index (χ2v) is 2.51. The number of hydrogen-bond donors (Lipinski definition) is 0. The summed E-state index contributed by atoms with van der Waals surface area (Å²) in [5.41, 5.74) is 1.13. The fraction of sp³-hybridized carbons (Fsp3) is 0.750. The molecule has 0 saturated heterocycles. The van der Waals surface area contributed by atoms with Crippen molar-refractivity contribution in [1.82, 2.24) is 0 Å². The van der Waals surface area contributed by atoms with Gasteiger partial charge in [0.25, 0.3) is 0 Å². The van der Waals surface area contributed by atoms with Crippen LogP contribution in [0.25, 0.3) is 0 Å². The van der Waals surface area contributed by atoms with Crippen LogP contribution >= 0.6 is 0 Å². The van der Waals surface area contributed by atoms with E-state index >= 15 is 0 Å². The van der Waals surface area contributed by atoms with Gasteiger partial charge in [0.15, 0.2) is 0 Å². The summed E-state index contributed by atoms with van der Waals surface area (Å²) in [5, 5.41) is 3.87. The Morgan fingerprint density at radius 2 is 2.60 bits per heavy atom. The van der Waals surface area contributed by atoms with Crippen LogP contribution in [-0.2, 0) is 4.84 Å². The van der Waals surface area contributed by atoms with Gasteiger partial charge >= 0.3 is 0 Å². The van der Waals surface area contributed by atoms with E-state index in [0.717, 1.165) is 25.2 Å². The van der Waals surface area contributed by atoms with Gasteiger partial charge in [0.2, 0.25) is 0 Å². The first kappa shape index (κ1) is 7.58. The van der Waals surface area contributed by atoms with Crippen molar-refractivity contribution in [3.8, 4) is 0 Å². The number of nitrogens with zero attached hydrogens (tertiary/aromatic N) is 1. The maximum Gasteiger partial charge on any atom is 0.122 e. The highest BCUT2D eigenvalue weighted by atomic mass is 16.6. The molecule has 57 valence electrons. The fourth-order valence-corrected chi connectivity index (χ4v) is 0.937. The summed E-state index contributed by atoms with van der Waals surface area (Å²) in [6.45, 7) is 2.97. The molecule has 0 spiro atoms. The van der Waals surface area contributed by atoms with Crippen LogP contribution in [0.5, 0.6) is 0 Å². The molecule has 2 nitrogen and oxygen atoms in total.